The third kappa shape index (κ3) is 3.56. The van der Waals surface area contributed by atoms with Crippen LogP contribution < -0.4 is 0 Å². The summed E-state index contributed by atoms with van der Waals surface area (Å²) in [5.41, 5.74) is 7.94. The minimum Gasteiger partial charge on any atom is -0.478 e. The summed E-state index contributed by atoms with van der Waals surface area (Å²) in [5.74, 6) is 2.53. The second-order valence-corrected chi connectivity index (χ2v) is 3.10. The van der Waals surface area contributed by atoms with Gasteiger partial charge in [0.05, 0.1) is 17.7 Å². The predicted octanol–water partition coefficient (Wildman–Crippen LogP) is 1.74. The molecular weight excluding hydrogens is 238 g/mol. The van der Waals surface area contributed by atoms with Crippen molar-refractivity contribution in [2.24, 2.45) is 5.11 Å². The Bertz CT molecular complexity index is 574. The highest BCUT2D eigenvalue weighted by Crippen LogP contribution is 2.10. The summed E-state index contributed by atoms with van der Waals surface area (Å²) in [6, 6.07) is 3.54. The molecular formula is C11H7N3O4. The Morgan fingerprint density at radius 2 is 1.78 bits per heavy atom. The molecule has 0 aromatic heterocycles. The first-order valence-electron chi connectivity index (χ1n) is 4.66. The van der Waals surface area contributed by atoms with Crippen molar-refractivity contribution < 1.29 is 19.8 Å². The summed E-state index contributed by atoms with van der Waals surface area (Å²) in [7, 11) is 0. The van der Waals surface area contributed by atoms with Gasteiger partial charge in [-0.2, -0.15) is 0 Å². The van der Waals surface area contributed by atoms with Crippen molar-refractivity contribution in [2.45, 2.75) is 0 Å². The molecule has 2 N–H and O–H groups in total. The van der Waals surface area contributed by atoms with E-state index in [4.69, 9.17) is 15.7 Å². The van der Waals surface area contributed by atoms with Gasteiger partial charge < -0.3 is 10.2 Å². The molecule has 0 amide bonds. The van der Waals surface area contributed by atoms with E-state index in [9.17, 15) is 9.59 Å². The summed E-state index contributed by atoms with van der Waals surface area (Å²) in [4.78, 5) is 24.1. The average molecular weight is 245 g/mol. The second-order valence-electron chi connectivity index (χ2n) is 3.10. The van der Waals surface area contributed by atoms with Crippen molar-refractivity contribution >= 4 is 11.9 Å². The highest BCUT2D eigenvalue weighted by molar-refractivity contribution is 5.94. The molecule has 90 valence electrons. The van der Waals surface area contributed by atoms with Crippen LogP contribution in [0.3, 0.4) is 0 Å². The standard InChI is InChI=1S/C11H7N3O4/c12-14-13-3-1-2-7-4-8(10(15)16)6-9(5-7)11(17)18/h4-6H,3H2,(H,15,16)(H,17,18). The Morgan fingerprint density at radius 3 is 2.22 bits per heavy atom. The van der Waals surface area contributed by atoms with Crippen molar-refractivity contribution in [2.75, 3.05) is 6.54 Å². The van der Waals surface area contributed by atoms with Crippen LogP contribution in [0.25, 0.3) is 10.4 Å². The van der Waals surface area contributed by atoms with Gasteiger partial charge in [-0.25, -0.2) is 9.59 Å². The van der Waals surface area contributed by atoms with Crippen molar-refractivity contribution in [3.05, 3.63) is 45.3 Å². The van der Waals surface area contributed by atoms with E-state index in [1.807, 2.05) is 0 Å². The van der Waals surface area contributed by atoms with E-state index in [0.717, 1.165) is 6.07 Å². The first kappa shape index (κ1) is 13.1. The lowest BCUT2D eigenvalue weighted by molar-refractivity contribution is 0.0696. The van der Waals surface area contributed by atoms with Crippen LogP contribution >= 0.6 is 0 Å². The number of carboxylic acid groups (broad SMARTS) is 2. The molecule has 0 spiro atoms. The molecule has 0 aliphatic heterocycles. The van der Waals surface area contributed by atoms with Crippen molar-refractivity contribution in [3.8, 4) is 11.8 Å². The Kier molecular flexibility index (Phi) is 4.32. The van der Waals surface area contributed by atoms with Gasteiger partial charge in [0, 0.05) is 10.5 Å². The molecule has 7 nitrogen and oxygen atoms in total. The summed E-state index contributed by atoms with van der Waals surface area (Å²) in [5, 5.41) is 20.8. The van der Waals surface area contributed by atoms with Gasteiger partial charge in [0.25, 0.3) is 0 Å². The lowest BCUT2D eigenvalue weighted by atomic mass is 10.1. The number of carbonyl (C=O) groups is 2. The quantitative estimate of drug-likeness (QED) is 0.364. The molecule has 0 aliphatic carbocycles. The minimum atomic E-state index is -1.24. The zero-order chi connectivity index (χ0) is 13.5. The zero-order valence-electron chi connectivity index (χ0n) is 8.99. The van der Waals surface area contributed by atoms with Crippen LogP contribution in [0.2, 0.25) is 0 Å². The molecule has 7 heteroatoms. The number of hydrogen-bond donors (Lipinski definition) is 2. The molecule has 1 aromatic rings. The Morgan fingerprint density at radius 1 is 1.22 bits per heavy atom. The lowest BCUT2D eigenvalue weighted by Crippen LogP contribution is -2.03. The second kappa shape index (κ2) is 5.94. The largest absolute Gasteiger partial charge is 0.478 e. The van der Waals surface area contributed by atoms with Gasteiger partial charge in [-0.15, -0.1) is 0 Å². The first-order valence-corrected chi connectivity index (χ1v) is 4.66. The van der Waals surface area contributed by atoms with Crippen LogP contribution in [0.5, 0.6) is 0 Å². The monoisotopic (exact) mass is 245 g/mol. The molecule has 0 radical (unpaired) electrons. The molecule has 1 rings (SSSR count). The molecule has 1 aromatic carbocycles. The van der Waals surface area contributed by atoms with Gasteiger partial charge in [0.2, 0.25) is 0 Å². The van der Waals surface area contributed by atoms with Gasteiger partial charge >= 0.3 is 11.9 Å². The topological polar surface area (TPSA) is 123 Å². The van der Waals surface area contributed by atoms with E-state index < -0.39 is 11.9 Å². The number of hydrogen-bond acceptors (Lipinski definition) is 3. The number of carboxylic acids is 2. The fourth-order valence-electron chi connectivity index (χ4n) is 1.16. The molecule has 0 heterocycles. The zero-order valence-corrected chi connectivity index (χ0v) is 8.99. The maximum atomic E-state index is 10.8. The van der Waals surface area contributed by atoms with E-state index in [1.165, 1.54) is 12.1 Å². The molecule has 0 atom stereocenters. The number of azide groups is 1. The SMILES string of the molecule is [N-]=[N+]=NCC#Cc1cc(C(=O)O)cc(C(=O)O)c1. The number of nitrogens with zero attached hydrogens (tertiary/aromatic N) is 3. The van der Waals surface area contributed by atoms with Crippen molar-refractivity contribution in [1.29, 1.82) is 0 Å². The van der Waals surface area contributed by atoms with E-state index in [0.29, 0.717) is 0 Å². The highest BCUT2D eigenvalue weighted by atomic mass is 16.4. The third-order valence-corrected chi connectivity index (χ3v) is 1.87. The van der Waals surface area contributed by atoms with Gasteiger partial charge in [0.15, 0.2) is 0 Å². The summed E-state index contributed by atoms with van der Waals surface area (Å²) < 4.78 is 0. The fraction of sp³-hybridized carbons (Fsp3) is 0.0909. The molecule has 0 unspecified atom stereocenters. The lowest BCUT2D eigenvalue weighted by Gasteiger charge is -1.99. The third-order valence-electron chi connectivity index (χ3n) is 1.87. The average Bonchev–Trinajstić information content (AvgIpc) is 2.34. The Balaban J connectivity index is 3.17. The van der Waals surface area contributed by atoms with Crippen molar-refractivity contribution in [3.63, 3.8) is 0 Å². The molecule has 0 fully saturated rings. The van der Waals surface area contributed by atoms with Crippen LogP contribution in [-0.4, -0.2) is 28.7 Å². The van der Waals surface area contributed by atoms with E-state index in [2.05, 4.69) is 21.9 Å². The molecule has 0 saturated heterocycles. The molecule has 18 heavy (non-hydrogen) atoms. The Labute approximate surface area is 101 Å². The maximum Gasteiger partial charge on any atom is 0.335 e. The smallest absolute Gasteiger partial charge is 0.335 e. The van der Waals surface area contributed by atoms with E-state index in [1.54, 1.807) is 0 Å². The van der Waals surface area contributed by atoms with Crippen LogP contribution in [0.4, 0.5) is 0 Å². The van der Waals surface area contributed by atoms with E-state index >= 15 is 0 Å². The fourth-order valence-corrected chi connectivity index (χ4v) is 1.16. The summed E-state index contributed by atoms with van der Waals surface area (Å²) >= 11 is 0. The number of aromatic carboxylic acids is 2. The van der Waals surface area contributed by atoms with Gasteiger partial charge in [0.1, 0.15) is 0 Å². The van der Waals surface area contributed by atoms with Gasteiger partial charge in [-0.3, -0.25) is 0 Å². The van der Waals surface area contributed by atoms with Crippen LogP contribution in [-0.2, 0) is 0 Å². The first-order chi connectivity index (χ1) is 8.54. The summed E-state index contributed by atoms with van der Waals surface area (Å²) in [6.07, 6.45) is 0. The molecule has 0 bridgehead atoms. The Hall–Kier alpha value is -2.97. The van der Waals surface area contributed by atoms with Crippen LogP contribution in [0, 0.1) is 11.8 Å². The minimum absolute atomic E-state index is 0.0732. The van der Waals surface area contributed by atoms with Gasteiger partial charge in [-0.05, 0) is 23.7 Å². The maximum absolute atomic E-state index is 10.8. The summed E-state index contributed by atoms with van der Waals surface area (Å²) in [6.45, 7) is -0.0732. The van der Waals surface area contributed by atoms with Gasteiger partial charge in [-0.1, -0.05) is 17.0 Å². The highest BCUT2D eigenvalue weighted by Gasteiger charge is 2.10. The normalized spacial score (nSPS) is 8.67. The van der Waals surface area contributed by atoms with E-state index in [-0.39, 0.29) is 23.2 Å². The van der Waals surface area contributed by atoms with Crippen LogP contribution in [0.15, 0.2) is 23.3 Å². The van der Waals surface area contributed by atoms with Crippen LogP contribution in [0.1, 0.15) is 26.3 Å². The van der Waals surface area contributed by atoms with Crippen molar-refractivity contribution in [1.82, 2.24) is 0 Å². The number of rotatable bonds is 3. The predicted molar refractivity (Wildman–Crippen MR) is 61.3 cm³/mol. The number of benzene rings is 1. The molecule has 0 aliphatic rings. The molecule has 0 saturated carbocycles.